The van der Waals surface area contributed by atoms with E-state index in [0.29, 0.717) is 27.9 Å². The maximum atomic E-state index is 13.5. The lowest BCUT2D eigenvalue weighted by molar-refractivity contribution is -0.117. The highest BCUT2D eigenvalue weighted by atomic mass is 79.9. The van der Waals surface area contributed by atoms with Crippen molar-refractivity contribution in [2.45, 2.75) is 18.2 Å². The van der Waals surface area contributed by atoms with Gasteiger partial charge >= 0.3 is 0 Å². The number of halogens is 2. The van der Waals surface area contributed by atoms with Crippen LogP contribution in [0.1, 0.15) is 11.3 Å². The van der Waals surface area contributed by atoms with Gasteiger partial charge in [-0.3, -0.25) is 14.5 Å². The van der Waals surface area contributed by atoms with Gasteiger partial charge in [0.2, 0.25) is 5.91 Å². The van der Waals surface area contributed by atoms with Crippen LogP contribution in [0, 0.1) is 11.3 Å². The SMILES string of the molecule is N#C/C(C(=O)NCc1ccco1)=C1/SC(Cc2ccccc2Cl)C(=O)N1c1ccc(Br)cc1. The Morgan fingerprint density at radius 1 is 1.18 bits per heavy atom. The van der Waals surface area contributed by atoms with Crippen LogP contribution in [0.25, 0.3) is 0 Å². The van der Waals surface area contributed by atoms with Crippen molar-refractivity contribution in [3.8, 4) is 6.07 Å². The minimum Gasteiger partial charge on any atom is -0.467 e. The van der Waals surface area contributed by atoms with Crippen molar-refractivity contribution < 1.29 is 14.0 Å². The first kappa shape index (κ1) is 23.2. The Hall–Kier alpha value is -2.99. The predicted molar refractivity (Wildman–Crippen MR) is 131 cm³/mol. The number of rotatable bonds is 6. The summed E-state index contributed by atoms with van der Waals surface area (Å²) in [6.07, 6.45) is 1.87. The van der Waals surface area contributed by atoms with Gasteiger partial charge in [-0.05, 0) is 54.4 Å². The van der Waals surface area contributed by atoms with Crippen LogP contribution in [0.3, 0.4) is 0 Å². The van der Waals surface area contributed by atoms with Crippen molar-refractivity contribution in [1.29, 1.82) is 5.26 Å². The van der Waals surface area contributed by atoms with Crippen LogP contribution < -0.4 is 10.2 Å². The number of anilines is 1. The maximum Gasteiger partial charge on any atom is 0.265 e. The van der Waals surface area contributed by atoms with Gasteiger partial charge in [0.05, 0.1) is 18.1 Å². The Labute approximate surface area is 208 Å². The molecular weight excluding hydrogens is 526 g/mol. The predicted octanol–water partition coefficient (Wildman–Crippen LogP) is 5.44. The highest BCUT2D eigenvalue weighted by Gasteiger charge is 2.41. The summed E-state index contributed by atoms with van der Waals surface area (Å²) >= 11 is 10.9. The molecule has 2 amide bonds. The first-order valence-corrected chi connectivity index (χ1v) is 12.0. The molecule has 3 aromatic rings. The van der Waals surface area contributed by atoms with Gasteiger partial charge in [-0.1, -0.05) is 57.5 Å². The van der Waals surface area contributed by atoms with E-state index in [2.05, 4.69) is 21.2 Å². The average molecular weight is 543 g/mol. The second-order valence-corrected chi connectivity index (χ2v) is 9.62. The minimum absolute atomic E-state index is 0.129. The van der Waals surface area contributed by atoms with Crippen LogP contribution in [0.2, 0.25) is 5.02 Å². The Morgan fingerprint density at radius 2 is 1.94 bits per heavy atom. The van der Waals surface area contributed by atoms with E-state index in [-0.39, 0.29) is 18.0 Å². The van der Waals surface area contributed by atoms with Crippen LogP contribution >= 0.6 is 39.3 Å². The van der Waals surface area contributed by atoms with Gasteiger partial charge in [-0.15, -0.1) is 0 Å². The molecule has 1 unspecified atom stereocenters. The number of carbonyl (C=O) groups excluding carboxylic acids is 2. The van der Waals surface area contributed by atoms with Gasteiger partial charge in [0.1, 0.15) is 22.4 Å². The molecule has 9 heteroatoms. The van der Waals surface area contributed by atoms with E-state index < -0.39 is 11.2 Å². The minimum atomic E-state index is -0.579. The maximum absolute atomic E-state index is 13.5. The van der Waals surface area contributed by atoms with Gasteiger partial charge in [0, 0.05) is 15.2 Å². The van der Waals surface area contributed by atoms with Gasteiger partial charge in [0.25, 0.3) is 5.91 Å². The Morgan fingerprint density at radius 3 is 2.61 bits per heavy atom. The first-order chi connectivity index (χ1) is 16.0. The quantitative estimate of drug-likeness (QED) is 0.331. The number of benzene rings is 2. The normalized spacial score (nSPS) is 17.1. The molecule has 1 aliphatic heterocycles. The van der Waals surface area contributed by atoms with E-state index in [9.17, 15) is 14.9 Å². The zero-order chi connectivity index (χ0) is 23.4. The van der Waals surface area contributed by atoms with E-state index in [1.807, 2.05) is 24.3 Å². The second-order valence-electron chi connectivity index (χ2n) is 7.11. The van der Waals surface area contributed by atoms with E-state index >= 15 is 0 Å². The van der Waals surface area contributed by atoms with Crippen molar-refractivity contribution in [2.75, 3.05) is 4.90 Å². The van der Waals surface area contributed by atoms with Gasteiger partial charge in [-0.2, -0.15) is 5.26 Å². The van der Waals surface area contributed by atoms with Gasteiger partial charge in [-0.25, -0.2) is 0 Å². The monoisotopic (exact) mass is 541 g/mol. The van der Waals surface area contributed by atoms with Crippen LogP contribution in [-0.2, 0) is 22.6 Å². The summed E-state index contributed by atoms with van der Waals surface area (Å²) in [5.74, 6) is -0.240. The molecule has 1 fully saturated rings. The Balaban J connectivity index is 1.69. The van der Waals surface area contributed by atoms with Crippen LogP contribution in [-0.4, -0.2) is 17.1 Å². The molecule has 1 aromatic heterocycles. The molecule has 166 valence electrons. The highest BCUT2D eigenvalue weighted by Crippen LogP contribution is 2.42. The third-order valence-corrected chi connectivity index (χ3v) is 7.12. The molecule has 4 rings (SSSR count). The molecule has 33 heavy (non-hydrogen) atoms. The van der Waals surface area contributed by atoms with E-state index in [1.165, 1.54) is 22.9 Å². The van der Waals surface area contributed by atoms with Crippen LogP contribution in [0.4, 0.5) is 5.69 Å². The van der Waals surface area contributed by atoms with Crippen LogP contribution in [0.5, 0.6) is 0 Å². The van der Waals surface area contributed by atoms with Crippen molar-refractivity contribution in [1.82, 2.24) is 5.32 Å². The number of hydrogen-bond donors (Lipinski definition) is 1. The first-order valence-electron chi connectivity index (χ1n) is 9.92. The second kappa shape index (κ2) is 10.3. The lowest BCUT2D eigenvalue weighted by atomic mass is 10.1. The van der Waals surface area contributed by atoms with E-state index in [1.54, 1.807) is 42.5 Å². The lowest BCUT2D eigenvalue weighted by Gasteiger charge is -2.18. The zero-order valence-electron chi connectivity index (χ0n) is 17.1. The number of hydrogen-bond acceptors (Lipinski definition) is 5. The summed E-state index contributed by atoms with van der Waals surface area (Å²) in [6.45, 7) is 0.129. The largest absolute Gasteiger partial charge is 0.467 e. The van der Waals surface area contributed by atoms with Crippen LogP contribution in [0.15, 0.2) is 86.4 Å². The molecule has 0 spiro atoms. The lowest BCUT2D eigenvalue weighted by Crippen LogP contribution is -2.32. The molecule has 1 saturated heterocycles. The molecule has 1 aliphatic rings. The standard InChI is InChI=1S/C24H17BrClN3O3S/c25-16-7-9-17(10-8-16)29-23(31)21(12-15-4-1-2-6-20(15)26)33-24(29)19(13-27)22(30)28-14-18-5-3-11-32-18/h1-11,21H,12,14H2,(H,28,30)/b24-19-. The van der Waals surface area contributed by atoms with Crippen molar-refractivity contribution in [3.63, 3.8) is 0 Å². The van der Waals surface area contributed by atoms with Crippen molar-refractivity contribution >= 4 is 56.8 Å². The summed E-state index contributed by atoms with van der Waals surface area (Å²) in [4.78, 5) is 27.8. The summed E-state index contributed by atoms with van der Waals surface area (Å²) in [5, 5.41) is 12.9. The fraction of sp³-hybridized carbons (Fsp3) is 0.125. The zero-order valence-corrected chi connectivity index (χ0v) is 20.3. The number of thioether (sulfide) groups is 1. The number of nitriles is 1. The summed E-state index contributed by atoms with van der Waals surface area (Å²) in [6, 6.07) is 19.9. The molecule has 0 radical (unpaired) electrons. The van der Waals surface area contributed by atoms with Crippen molar-refractivity contribution in [2.24, 2.45) is 0 Å². The molecule has 1 N–H and O–H groups in total. The number of amides is 2. The summed E-state index contributed by atoms with van der Waals surface area (Å²) in [5.41, 5.74) is 1.26. The molecule has 2 heterocycles. The molecule has 0 bridgehead atoms. The molecule has 6 nitrogen and oxygen atoms in total. The highest BCUT2D eigenvalue weighted by molar-refractivity contribution is 9.10. The Bertz CT molecular complexity index is 1250. The molecular formula is C24H17BrClN3O3S. The summed E-state index contributed by atoms with van der Waals surface area (Å²) < 4.78 is 6.08. The van der Waals surface area contributed by atoms with E-state index in [0.717, 1.165) is 10.0 Å². The molecule has 0 aliphatic carbocycles. The number of furan rings is 1. The Kier molecular flexibility index (Phi) is 7.23. The topological polar surface area (TPSA) is 86.3 Å². The molecule has 2 aromatic carbocycles. The smallest absolute Gasteiger partial charge is 0.265 e. The average Bonchev–Trinajstić information content (AvgIpc) is 3.44. The number of nitrogens with zero attached hydrogens (tertiary/aromatic N) is 2. The number of carbonyl (C=O) groups is 2. The number of nitrogens with one attached hydrogen (secondary N) is 1. The summed E-state index contributed by atoms with van der Waals surface area (Å²) in [7, 11) is 0. The van der Waals surface area contributed by atoms with E-state index in [4.69, 9.17) is 16.0 Å². The van der Waals surface area contributed by atoms with Gasteiger partial charge in [0.15, 0.2) is 0 Å². The molecule has 1 atom stereocenters. The molecule has 0 saturated carbocycles. The third-order valence-electron chi connectivity index (χ3n) is 4.96. The fourth-order valence-electron chi connectivity index (χ4n) is 3.34. The van der Waals surface area contributed by atoms with Crippen molar-refractivity contribution in [3.05, 3.63) is 98.3 Å². The fourth-order valence-corrected chi connectivity index (χ4v) is 5.12. The van der Waals surface area contributed by atoms with Gasteiger partial charge < -0.3 is 9.73 Å². The third kappa shape index (κ3) is 5.17.